The summed E-state index contributed by atoms with van der Waals surface area (Å²) in [6.07, 6.45) is 8.32. The van der Waals surface area contributed by atoms with E-state index in [0.29, 0.717) is 31.4 Å². The van der Waals surface area contributed by atoms with Gasteiger partial charge in [-0.1, -0.05) is 30.4 Å². The van der Waals surface area contributed by atoms with Crippen LogP contribution in [0.2, 0.25) is 0 Å². The summed E-state index contributed by atoms with van der Waals surface area (Å²) in [7, 11) is 3.75. The normalized spacial score (nSPS) is 24.6. The lowest BCUT2D eigenvalue weighted by atomic mass is 9.62. The van der Waals surface area contributed by atoms with E-state index in [-0.39, 0.29) is 46.0 Å². The zero-order chi connectivity index (χ0) is 27.0. The number of rotatable bonds is 7. The number of alkyl halides is 1. The fourth-order valence-corrected chi connectivity index (χ4v) is 6.07. The van der Waals surface area contributed by atoms with Crippen LogP contribution in [0.3, 0.4) is 0 Å². The molecule has 0 aromatic heterocycles. The Hall–Kier alpha value is -3.52. The number of aromatic hydroxyl groups is 1. The van der Waals surface area contributed by atoms with E-state index in [1.165, 1.54) is 12.1 Å². The third-order valence-electron chi connectivity index (χ3n) is 7.56. The molecular weight excluding hydrogens is 475 g/mol. The van der Waals surface area contributed by atoms with Crippen molar-refractivity contribution in [3.63, 3.8) is 0 Å². The molecular formula is C29H33FN2O5. The summed E-state index contributed by atoms with van der Waals surface area (Å²) in [5, 5.41) is 21.9. The van der Waals surface area contributed by atoms with Crippen LogP contribution in [0.4, 0.5) is 4.39 Å². The highest BCUT2D eigenvalue weighted by molar-refractivity contribution is 6.21. The molecule has 0 saturated heterocycles. The maximum Gasteiger partial charge on any atom is 0.252 e. The van der Waals surface area contributed by atoms with Gasteiger partial charge in [-0.05, 0) is 74.9 Å². The number of nitrogens with zero attached hydrogens (tertiary/aromatic N) is 1. The summed E-state index contributed by atoms with van der Waals surface area (Å²) in [5.74, 6) is -4.47. The van der Waals surface area contributed by atoms with Crippen LogP contribution in [-0.4, -0.2) is 59.9 Å². The second-order valence-electron chi connectivity index (χ2n) is 10.4. The summed E-state index contributed by atoms with van der Waals surface area (Å²) in [6.45, 7) is 1.83. The first-order valence-electron chi connectivity index (χ1n) is 12.5. The van der Waals surface area contributed by atoms with Crippen LogP contribution >= 0.6 is 0 Å². The Kier molecular flexibility index (Phi) is 7.50. The number of carbonyl (C=O) groups excluding carboxylic acids is 3. The van der Waals surface area contributed by atoms with E-state index < -0.39 is 30.1 Å². The Morgan fingerprint density at radius 2 is 2.00 bits per heavy atom. The topological polar surface area (TPSA) is 121 Å². The monoisotopic (exact) mass is 508 g/mol. The largest absolute Gasteiger partial charge is 0.511 e. The van der Waals surface area contributed by atoms with E-state index in [4.69, 9.17) is 5.73 Å². The van der Waals surface area contributed by atoms with E-state index >= 15 is 0 Å². The van der Waals surface area contributed by atoms with Gasteiger partial charge in [0, 0.05) is 18.0 Å². The van der Waals surface area contributed by atoms with Crippen molar-refractivity contribution in [1.82, 2.24) is 4.90 Å². The third kappa shape index (κ3) is 4.78. The molecule has 0 fully saturated rings. The smallest absolute Gasteiger partial charge is 0.252 e. The molecule has 8 heteroatoms. The van der Waals surface area contributed by atoms with Gasteiger partial charge in [-0.2, -0.15) is 0 Å². The number of fused-ring (bicyclic) bond motifs is 3. The minimum absolute atomic E-state index is 0.0856. The highest BCUT2D eigenvalue weighted by atomic mass is 19.1. The maximum atomic E-state index is 13.8. The minimum Gasteiger partial charge on any atom is -0.511 e. The van der Waals surface area contributed by atoms with Crippen LogP contribution < -0.4 is 5.73 Å². The lowest BCUT2D eigenvalue weighted by Gasteiger charge is -2.40. The molecule has 3 aliphatic carbocycles. The van der Waals surface area contributed by atoms with Gasteiger partial charge in [-0.25, -0.2) is 0 Å². The van der Waals surface area contributed by atoms with Gasteiger partial charge in [0.05, 0.1) is 23.7 Å². The summed E-state index contributed by atoms with van der Waals surface area (Å²) in [5.41, 5.74) is 7.52. The number of carbonyl (C=O) groups is 3. The molecule has 1 amide bonds. The van der Waals surface area contributed by atoms with Crippen molar-refractivity contribution in [2.24, 2.45) is 29.4 Å². The zero-order valence-electron chi connectivity index (χ0n) is 21.3. The van der Waals surface area contributed by atoms with Crippen molar-refractivity contribution in [3.05, 3.63) is 70.0 Å². The molecule has 196 valence electrons. The van der Waals surface area contributed by atoms with Crippen LogP contribution in [0, 0.1) is 23.7 Å². The maximum absolute atomic E-state index is 13.8. The lowest BCUT2D eigenvalue weighted by Crippen LogP contribution is -2.42. The summed E-state index contributed by atoms with van der Waals surface area (Å²) >= 11 is 0. The van der Waals surface area contributed by atoms with E-state index in [1.54, 1.807) is 6.07 Å². The second-order valence-corrected chi connectivity index (χ2v) is 10.4. The average molecular weight is 509 g/mol. The lowest BCUT2D eigenvalue weighted by molar-refractivity contribution is -0.125. The number of aliphatic hydroxyl groups is 1. The first-order valence-corrected chi connectivity index (χ1v) is 12.5. The molecule has 0 radical (unpaired) electrons. The van der Waals surface area contributed by atoms with Crippen LogP contribution in [0.1, 0.15) is 41.3 Å². The third-order valence-corrected chi connectivity index (χ3v) is 7.56. The molecule has 4 unspecified atom stereocenters. The Bertz CT molecular complexity index is 1270. The number of phenols is 1. The molecule has 4 N–H and O–H groups in total. The molecule has 0 saturated carbocycles. The number of primary amides is 1. The molecule has 37 heavy (non-hydrogen) atoms. The number of hydrogen-bond donors (Lipinski definition) is 3. The van der Waals surface area contributed by atoms with Crippen LogP contribution in [0.15, 0.2) is 53.3 Å². The Morgan fingerprint density at radius 1 is 1.27 bits per heavy atom. The van der Waals surface area contributed by atoms with E-state index in [2.05, 4.69) is 0 Å². The number of hydrogen-bond acceptors (Lipinski definition) is 6. The molecule has 4 atom stereocenters. The first-order chi connectivity index (χ1) is 17.6. The highest BCUT2D eigenvalue weighted by Crippen LogP contribution is 2.49. The molecule has 4 rings (SSSR count). The van der Waals surface area contributed by atoms with Gasteiger partial charge in [-0.15, -0.1) is 0 Å². The van der Waals surface area contributed by atoms with Crippen molar-refractivity contribution < 1.29 is 29.0 Å². The number of Topliss-reactive ketones (excluding diaryl/α,β-unsaturated/α-hetero) is 2. The zero-order valence-corrected chi connectivity index (χ0v) is 21.3. The van der Waals surface area contributed by atoms with E-state index in [9.17, 15) is 29.0 Å². The highest BCUT2D eigenvalue weighted by Gasteiger charge is 2.48. The number of benzene rings is 1. The van der Waals surface area contributed by atoms with Gasteiger partial charge in [0.25, 0.3) is 5.91 Å². The predicted octanol–water partition coefficient (Wildman–Crippen LogP) is 3.69. The van der Waals surface area contributed by atoms with Crippen molar-refractivity contribution in [3.8, 4) is 5.75 Å². The van der Waals surface area contributed by atoms with Gasteiger partial charge in [-0.3, -0.25) is 18.8 Å². The van der Waals surface area contributed by atoms with Gasteiger partial charge in [0.1, 0.15) is 11.5 Å². The van der Waals surface area contributed by atoms with Crippen molar-refractivity contribution in [2.45, 2.75) is 26.2 Å². The molecule has 7 nitrogen and oxygen atoms in total. The Labute approximate surface area is 215 Å². The Balaban J connectivity index is 1.82. The molecule has 3 aliphatic rings. The number of allylic oxidation sites excluding steroid dienone is 6. The minimum atomic E-state index is -0.996. The summed E-state index contributed by atoms with van der Waals surface area (Å²) in [6, 6.07) is 3.17. The molecule has 0 aliphatic heterocycles. The molecule has 1 aromatic rings. The van der Waals surface area contributed by atoms with E-state index in [1.807, 2.05) is 44.1 Å². The summed E-state index contributed by atoms with van der Waals surface area (Å²) < 4.78 is 13.8. The number of phenolic OH excluding ortho intramolecular Hbond substituents is 1. The first kappa shape index (κ1) is 26.5. The standard InChI is InChI=1S/C29H33FN2O5/c1-4-5-16(10-15(13-30)14-32(2)3)19-8-9-22(33)25-21(19)12-18-11-17-6-7-20(29(31)37)26(34)23(17)27(35)24(18)28(25)36/h4-5,7-10,15,17-18,23,33,35H,6,11-14H2,1-3H3,(H2,31,37)/b5-4-,16-10+. The predicted molar refractivity (Wildman–Crippen MR) is 139 cm³/mol. The fraction of sp³-hybridized carbons (Fsp3) is 0.414. The molecule has 0 heterocycles. The number of amides is 1. The summed E-state index contributed by atoms with van der Waals surface area (Å²) in [4.78, 5) is 40.3. The van der Waals surface area contributed by atoms with Crippen molar-refractivity contribution >= 4 is 23.0 Å². The Morgan fingerprint density at radius 3 is 2.62 bits per heavy atom. The number of nitrogens with two attached hydrogens (primary N) is 1. The molecule has 0 bridgehead atoms. The number of aliphatic hydroxyl groups excluding tert-OH is 1. The van der Waals surface area contributed by atoms with Crippen LogP contribution in [0.5, 0.6) is 5.75 Å². The number of ketones is 2. The fourth-order valence-electron chi connectivity index (χ4n) is 6.07. The molecule has 1 aromatic carbocycles. The van der Waals surface area contributed by atoms with Crippen molar-refractivity contribution in [1.29, 1.82) is 0 Å². The van der Waals surface area contributed by atoms with Crippen molar-refractivity contribution in [2.75, 3.05) is 27.3 Å². The van der Waals surface area contributed by atoms with Gasteiger partial charge < -0.3 is 20.8 Å². The van der Waals surface area contributed by atoms with Gasteiger partial charge >= 0.3 is 0 Å². The van der Waals surface area contributed by atoms with Gasteiger partial charge in [0.15, 0.2) is 11.6 Å². The van der Waals surface area contributed by atoms with Crippen LogP contribution in [-0.2, 0) is 16.0 Å². The second kappa shape index (κ2) is 10.5. The number of halogens is 1. The quantitative estimate of drug-likeness (QED) is 0.382. The van der Waals surface area contributed by atoms with Crippen LogP contribution in [0.25, 0.3) is 5.57 Å². The van der Waals surface area contributed by atoms with Gasteiger partial charge in [0.2, 0.25) is 0 Å². The average Bonchev–Trinajstić information content (AvgIpc) is 2.82. The molecule has 0 spiro atoms. The SMILES string of the molecule is C/C=C\C(=C/C(CF)CN(C)C)c1ccc(O)c2c1CC1CC3CC=C(C(N)=O)C(=O)C3C(O)=C1C2=O. The van der Waals surface area contributed by atoms with E-state index in [0.717, 1.165) is 11.1 Å².